The van der Waals surface area contributed by atoms with E-state index in [1.165, 1.54) is 56.9 Å². The smallest absolute Gasteiger partial charge is 0.119 e. The van der Waals surface area contributed by atoms with Crippen molar-refractivity contribution in [3.63, 3.8) is 0 Å². The maximum Gasteiger partial charge on any atom is 0.119 e. The van der Waals surface area contributed by atoms with Crippen molar-refractivity contribution < 1.29 is 4.74 Å². The first-order chi connectivity index (χ1) is 10.3. The van der Waals surface area contributed by atoms with Crippen LogP contribution in [0.2, 0.25) is 0 Å². The molecule has 0 amide bonds. The molecule has 1 aromatic carbocycles. The van der Waals surface area contributed by atoms with Crippen LogP contribution in [-0.2, 0) is 0 Å². The van der Waals surface area contributed by atoms with E-state index in [1.807, 2.05) is 6.07 Å². The van der Waals surface area contributed by atoms with Crippen LogP contribution >= 0.6 is 0 Å². The van der Waals surface area contributed by atoms with Gasteiger partial charge in [0.1, 0.15) is 5.75 Å². The largest absolute Gasteiger partial charge is 0.497 e. The molecule has 0 radical (unpaired) electrons. The molecular formula is C19H31NO. The third-order valence-corrected chi connectivity index (χ3v) is 4.68. The molecule has 2 heteroatoms. The van der Waals surface area contributed by atoms with Crippen LogP contribution in [0, 0.1) is 5.92 Å². The minimum absolute atomic E-state index is 0.475. The Labute approximate surface area is 130 Å². The molecule has 2 nitrogen and oxygen atoms in total. The van der Waals surface area contributed by atoms with E-state index in [0.717, 1.165) is 18.2 Å². The molecule has 1 aliphatic rings. The van der Waals surface area contributed by atoms with E-state index < -0.39 is 0 Å². The Morgan fingerprint density at radius 3 is 2.62 bits per heavy atom. The monoisotopic (exact) mass is 289 g/mol. The van der Waals surface area contributed by atoms with Gasteiger partial charge in [0.15, 0.2) is 0 Å². The first-order valence-electron chi connectivity index (χ1n) is 8.70. The molecule has 2 rings (SSSR count). The van der Waals surface area contributed by atoms with E-state index in [0.29, 0.717) is 6.04 Å². The van der Waals surface area contributed by atoms with E-state index in [9.17, 15) is 0 Å². The van der Waals surface area contributed by atoms with Crippen molar-refractivity contribution in [3.8, 4) is 5.75 Å². The van der Waals surface area contributed by atoms with Crippen LogP contribution in [0.5, 0.6) is 5.75 Å². The Morgan fingerprint density at radius 1 is 1.19 bits per heavy atom. The van der Waals surface area contributed by atoms with Gasteiger partial charge in [0.2, 0.25) is 0 Å². The Bertz CT molecular complexity index is 396. The lowest BCUT2D eigenvalue weighted by atomic mass is 9.89. The second kappa shape index (κ2) is 9.09. The van der Waals surface area contributed by atoms with Gasteiger partial charge in [-0.05, 0) is 43.0 Å². The highest BCUT2D eigenvalue weighted by atomic mass is 16.5. The number of rotatable bonds is 7. The Morgan fingerprint density at radius 2 is 1.95 bits per heavy atom. The van der Waals surface area contributed by atoms with Gasteiger partial charge in [0.05, 0.1) is 7.11 Å². The standard InChI is InChI=1S/C19H31NO/c1-3-13-20-19(14-16-9-6-4-5-7-10-16)17-11-8-12-18(15-17)21-2/h8,11-12,15-16,19-20H,3-7,9-10,13-14H2,1-2H3. The summed E-state index contributed by atoms with van der Waals surface area (Å²) < 4.78 is 5.39. The van der Waals surface area contributed by atoms with Crippen LogP contribution < -0.4 is 10.1 Å². The van der Waals surface area contributed by atoms with Crippen molar-refractivity contribution in [2.24, 2.45) is 5.92 Å². The fraction of sp³-hybridized carbons (Fsp3) is 0.684. The summed E-state index contributed by atoms with van der Waals surface area (Å²) in [5.74, 6) is 1.85. The van der Waals surface area contributed by atoms with Crippen LogP contribution in [0.15, 0.2) is 24.3 Å². The van der Waals surface area contributed by atoms with E-state index in [1.54, 1.807) is 7.11 Å². The van der Waals surface area contributed by atoms with Gasteiger partial charge in [-0.2, -0.15) is 0 Å². The van der Waals surface area contributed by atoms with Gasteiger partial charge in [0, 0.05) is 6.04 Å². The second-order valence-corrected chi connectivity index (χ2v) is 6.38. The molecule has 1 saturated carbocycles. The van der Waals surface area contributed by atoms with E-state index in [2.05, 4.69) is 30.4 Å². The van der Waals surface area contributed by atoms with Gasteiger partial charge in [-0.1, -0.05) is 57.6 Å². The average molecular weight is 289 g/mol. The molecule has 118 valence electrons. The van der Waals surface area contributed by atoms with E-state index in [-0.39, 0.29) is 0 Å². The fourth-order valence-corrected chi connectivity index (χ4v) is 3.45. The lowest BCUT2D eigenvalue weighted by Crippen LogP contribution is -2.24. The summed E-state index contributed by atoms with van der Waals surface area (Å²) in [6, 6.07) is 9.06. The van der Waals surface area contributed by atoms with Gasteiger partial charge in [0.25, 0.3) is 0 Å². The lowest BCUT2D eigenvalue weighted by Gasteiger charge is -2.24. The molecule has 0 aliphatic heterocycles. The number of hydrogen-bond acceptors (Lipinski definition) is 2. The number of ether oxygens (including phenoxy) is 1. The third kappa shape index (κ3) is 5.35. The highest BCUT2D eigenvalue weighted by Gasteiger charge is 2.19. The Kier molecular flexibility index (Phi) is 7.08. The highest BCUT2D eigenvalue weighted by Crippen LogP contribution is 2.32. The summed E-state index contributed by atoms with van der Waals surface area (Å²) in [5, 5.41) is 3.75. The summed E-state index contributed by atoms with van der Waals surface area (Å²) in [4.78, 5) is 0. The van der Waals surface area contributed by atoms with Crippen LogP contribution in [0.1, 0.15) is 69.9 Å². The van der Waals surface area contributed by atoms with Gasteiger partial charge >= 0.3 is 0 Å². The van der Waals surface area contributed by atoms with Crippen molar-refractivity contribution in [1.82, 2.24) is 5.32 Å². The first-order valence-corrected chi connectivity index (χ1v) is 8.70. The summed E-state index contributed by atoms with van der Waals surface area (Å²) in [6.45, 7) is 3.33. The molecule has 0 saturated heterocycles. The molecule has 0 aromatic heterocycles. The minimum atomic E-state index is 0.475. The van der Waals surface area contributed by atoms with Crippen LogP contribution in [0.4, 0.5) is 0 Å². The maximum atomic E-state index is 5.39. The van der Waals surface area contributed by atoms with Gasteiger partial charge < -0.3 is 10.1 Å². The predicted molar refractivity (Wildman–Crippen MR) is 89.8 cm³/mol. The number of hydrogen-bond donors (Lipinski definition) is 1. The zero-order valence-electron chi connectivity index (χ0n) is 13.7. The second-order valence-electron chi connectivity index (χ2n) is 6.38. The summed E-state index contributed by atoms with van der Waals surface area (Å²) >= 11 is 0. The molecule has 21 heavy (non-hydrogen) atoms. The summed E-state index contributed by atoms with van der Waals surface area (Å²) in [6.07, 6.45) is 11.0. The van der Waals surface area contributed by atoms with Crippen LogP contribution in [0.25, 0.3) is 0 Å². The lowest BCUT2D eigenvalue weighted by molar-refractivity contribution is 0.354. The molecule has 0 spiro atoms. The molecular weight excluding hydrogens is 258 g/mol. The van der Waals surface area contributed by atoms with E-state index in [4.69, 9.17) is 4.74 Å². The molecule has 0 heterocycles. The summed E-state index contributed by atoms with van der Waals surface area (Å²) in [7, 11) is 1.75. The quantitative estimate of drug-likeness (QED) is 0.705. The zero-order chi connectivity index (χ0) is 14.9. The number of benzene rings is 1. The highest BCUT2D eigenvalue weighted by molar-refractivity contribution is 5.30. The first kappa shape index (κ1) is 16.4. The average Bonchev–Trinajstić information content (AvgIpc) is 2.80. The van der Waals surface area contributed by atoms with Crippen molar-refractivity contribution >= 4 is 0 Å². The van der Waals surface area contributed by atoms with E-state index >= 15 is 0 Å². The van der Waals surface area contributed by atoms with Crippen molar-refractivity contribution in [2.45, 2.75) is 64.3 Å². The molecule has 1 unspecified atom stereocenters. The molecule has 1 aromatic rings. The number of nitrogens with one attached hydrogen (secondary N) is 1. The Hall–Kier alpha value is -1.02. The predicted octanol–water partition coefficient (Wildman–Crippen LogP) is 5.10. The van der Waals surface area contributed by atoms with Crippen LogP contribution in [-0.4, -0.2) is 13.7 Å². The molecule has 1 atom stereocenters. The molecule has 1 aliphatic carbocycles. The minimum Gasteiger partial charge on any atom is -0.497 e. The van der Waals surface area contributed by atoms with Crippen molar-refractivity contribution in [2.75, 3.05) is 13.7 Å². The molecule has 0 bridgehead atoms. The molecule has 1 fully saturated rings. The maximum absolute atomic E-state index is 5.39. The van der Waals surface area contributed by atoms with Crippen molar-refractivity contribution in [3.05, 3.63) is 29.8 Å². The van der Waals surface area contributed by atoms with Gasteiger partial charge in [-0.25, -0.2) is 0 Å². The van der Waals surface area contributed by atoms with Crippen LogP contribution in [0.3, 0.4) is 0 Å². The zero-order valence-corrected chi connectivity index (χ0v) is 13.7. The topological polar surface area (TPSA) is 21.3 Å². The third-order valence-electron chi connectivity index (χ3n) is 4.68. The normalized spacial score (nSPS) is 18.2. The summed E-state index contributed by atoms with van der Waals surface area (Å²) in [5.41, 5.74) is 1.38. The Balaban J connectivity index is 2.04. The van der Waals surface area contributed by atoms with Gasteiger partial charge in [-0.15, -0.1) is 0 Å². The number of methoxy groups -OCH3 is 1. The van der Waals surface area contributed by atoms with Gasteiger partial charge in [-0.3, -0.25) is 0 Å². The molecule has 1 N–H and O–H groups in total. The van der Waals surface area contributed by atoms with Crippen molar-refractivity contribution in [1.29, 1.82) is 0 Å². The fourth-order valence-electron chi connectivity index (χ4n) is 3.45. The SMILES string of the molecule is CCCNC(CC1CCCCCC1)c1cccc(OC)c1.